The van der Waals surface area contributed by atoms with Crippen LogP contribution in [0.25, 0.3) is 0 Å². The van der Waals surface area contributed by atoms with Gasteiger partial charge in [0, 0.05) is 18.9 Å². The lowest BCUT2D eigenvalue weighted by Crippen LogP contribution is -2.57. The number of nitrogens with one attached hydrogen (secondary N) is 2. The number of carbonyl (C=O) groups is 3. The van der Waals surface area contributed by atoms with Gasteiger partial charge in [0.15, 0.2) is 5.78 Å². The zero-order valence-electron chi connectivity index (χ0n) is 17.3. The van der Waals surface area contributed by atoms with E-state index in [1.807, 2.05) is 0 Å². The van der Waals surface area contributed by atoms with Crippen LogP contribution in [-0.2, 0) is 14.4 Å². The van der Waals surface area contributed by atoms with Gasteiger partial charge >= 0.3 is 0 Å². The number of nitrogens with two attached hydrogens (primary N) is 2. The monoisotopic (exact) mass is 386 g/mol. The van der Waals surface area contributed by atoms with Crippen molar-refractivity contribution in [3.8, 4) is 0 Å². The van der Waals surface area contributed by atoms with Crippen LogP contribution in [0.2, 0.25) is 0 Å². The molecule has 0 spiro atoms. The molecule has 4 atom stereocenters. The van der Waals surface area contributed by atoms with Crippen LogP contribution in [0.15, 0.2) is 0 Å². The van der Waals surface area contributed by atoms with E-state index in [0.29, 0.717) is 12.5 Å². The van der Waals surface area contributed by atoms with Gasteiger partial charge in [0.05, 0.1) is 12.1 Å². The summed E-state index contributed by atoms with van der Waals surface area (Å²) in [6.45, 7) is 9.45. The maximum Gasteiger partial charge on any atom is 0.245 e. The van der Waals surface area contributed by atoms with Crippen LogP contribution in [0.3, 0.4) is 0 Å². The second kappa shape index (κ2) is 12.8. The summed E-state index contributed by atoms with van der Waals surface area (Å²) < 4.78 is 0. The molecule has 0 fully saturated rings. The van der Waals surface area contributed by atoms with Crippen molar-refractivity contribution < 1.29 is 19.5 Å². The average Bonchev–Trinajstić information content (AvgIpc) is 2.55. The van der Waals surface area contributed by atoms with E-state index in [2.05, 4.69) is 24.5 Å². The molecule has 0 aromatic heterocycles. The predicted octanol–water partition coefficient (Wildman–Crippen LogP) is -0.0782. The lowest BCUT2D eigenvalue weighted by molar-refractivity contribution is -0.134. The fraction of sp³-hybridized carbons (Fsp3) is 0.842. The maximum absolute atomic E-state index is 12.5. The summed E-state index contributed by atoms with van der Waals surface area (Å²) in [6, 6.07) is -1.99. The minimum Gasteiger partial charge on any atom is -0.391 e. The molecular weight excluding hydrogens is 348 g/mol. The molecule has 0 saturated carbocycles. The molecule has 0 radical (unpaired) electrons. The van der Waals surface area contributed by atoms with E-state index in [0.717, 1.165) is 12.8 Å². The second-order valence-electron chi connectivity index (χ2n) is 7.92. The molecule has 0 aliphatic carbocycles. The quantitative estimate of drug-likeness (QED) is 0.299. The Balaban J connectivity index is 4.98. The van der Waals surface area contributed by atoms with E-state index in [-0.39, 0.29) is 36.5 Å². The number of amides is 2. The number of aliphatic hydroxyl groups is 1. The highest BCUT2D eigenvalue weighted by atomic mass is 16.3. The Bertz CT molecular complexity index is 480. The number of hydrogen-bond acceptors (Lipinski definition) is 6. The third kappa shape index (κ3) is 9.83. The standard InChI is InChI=1S/C19H38N4O4/c1-11(2)8-14(6-7-20)9-16(25)23-17(13(5)24)19(27)22-15(10-21)18(26)12(3)4/h11-15,17,24H,6-10,20-21H2,1-5H3,(H,22,27)(H,23,25)/t13-,14-,15-,17-/m0/s1. The Hall–Kier alpha value is -1.51. The summed E-state index contributed by atoms with van der Waals surface area (Å²) in [5.41, 5.74) is 11.2. The largest absolute Gasteiger partial charge is 0.391 e. The van der Waals surface area contributed by atoms with Crippen molar-refractivity contribution in [2.75, 3.05) is 13.1 Å². The lowest BCUT2D eigenvalue weighted by Gasteiger charge is -2.25. The lowest BCUT2D eigenvalue weighted by atomic mass is 9.91. The molecule has 0 aliphatic rings. The number of Topliss-reactive ketones (excluding diaryl/α,β-unsaturated/α-hetero) is 1. The molecule has 0 heterocycles. The van der Waals surface area contributed by atoms with Crippen molar-refractivity contribution in [2.24, 2.45) is 29.2 Å². The Kier molecular flexibility index (Phi) is 12.1. The average molecular weight is 387 g/mol. The van der Waals surface area contributed by atoms with Crippen LogP contribution in [0, 0.1) is 17.8 Å². The topological polar surface area (TPSA) is 148 Å². The Morgan fingerprint density at radius 3 is 2.00 bits per heavy atom. The predicted molar refractivity (Wildman–Crippen MR) is 106 cm³/mol. The SMILES string of the molecule is CC(C)C[C@H](CCN)CC(=O)N[C@H](C(=O)N[C@@H](CN)C(=O)C(C)C)[C@H](C)O. The van der Waals surface area contributed by atoms with Gasteiger partial charge in [0.2, 0.25) is 11.8 Å². The van der Waals surface area contributed by atoms with Gasteiger partial charge in [0.1, 0.15) is 6.04 Å². The fourth-order valence-electron chi connectivity index (χ4n) is 3.02. The molecular formula is C19H38N4O4. The van der Waals surface area contributed by atoms with Crippen LogP contribution in [-0.4, -0.2) is 54.0 Å². The van der Waals surface area contributed by atoms with Crippen molar-refractivity contribution in [3.05, 3.63) is 0 Å². The molecule has 0 rings (SSSR count). The van der Waals surface area contributed by atoms with Gasteiger partial charge in [-0.2, -0.15) is 0 Å². The fourth-order valence-corrected chi connectivity index (χ4v) is 3.02. The summed E-state index contributed by atoms with van der Waals surface area (Å²) in [7, 11) is 0. The summed E-state index contributed by atoms with van der Waals surface area (Å²) in [6.07, 6.45) is 0.695. The first-order valence-electron chi connectivity index (χ1n) is 9.75. The van der Waals surface area contributed by atoms with Crippen LogP contribution in [0.4, 0.5) is 0 Å². The Morgan fingerprint density at radius 2 is 1.59 bits per heavy atom. The van der Waals surface area contributed by atoms with E-state index in [9.17, 15) is 19.5 Å². The Labute approximate surface area is 162 Å². The molecule has 0 aromatic carbocycles. The third-order valence-electron chi connectivity index (χ3n) is 4.40. The molecule has 2 amide bonds. The summed E-state index contributed by atoms with van der Waals surface area (Å²) >= 11 is 0. The number of rotatable bonds is 13. The zero-order valence-corrected chi connectivity index (χ0v) is 17.3. The van der Waals surface area contributed by atoms with Crippen molar-refractivity contribution in [1.29, 1.82) is 0 Å². The molecule has 0 saturated heterocycles. The molecule has 7 N–H and O–H groups in total. The van der Waals surface area contributed by atoms with Crippen LogP contribution in [0.5, 0.6) is 0 Å². The Morgan fingerprint density at radius 1 is 1.00 bits per heavy atom. The summed E-state index contributed by atoms with van der Waals surface area (Å²) in [4.78, 5) is 37.0. The minimum atomic E-state index is -1.15. The molecule has 0 aromatic rings. The van der Waals surface area contributed by atoms with Gasteiger partial charge in [-0.05, 0) is 38.1 Å². The zero-order chi connectivity index (χ0) is 21.1. The van der Waals surface area contributed by atoms with Crippen LogP contribution < -0.4 is 22.1 Å². The molecule has 27 heavy (non-hydrogen) atoms. The van der Waals surface area contributed by atoms with E-state index in [1.165, 1.54) is 6.92 Å². The smallest absolute Gasteiger partial charge is 0.245 e. The van der Waals surface area contributed by atoms with E-state index < -0.39 is 24.1 Å². The summed E-state index contributed by atoms with van der Waals surface area (Å²) in [5, 5.41) is 15.1. The highest BCUT2D eigenvalue weighted by Crippen LogP contribution is 2.18. The van der Waals surface area contributed by atoms with Gasteiger partial charge in [-0.1, -0.05) is 27.7 Å². The van der Waals surface area contributed by atoms with Crippen LogP contribution >= 0.6 is 0 Å². The highest BCUT2D eigenvalue weighted by Gasteiger charge is 2.30. The number of aliphatic hydroxyl groups excluding tert-OH is 1. The van der Waals surface area contributed by atoms with Gasteiger partial charge < -0.3 is 27.2 Å². The first kappa shape index (κ1) is 25.5. The number of carbonyl (C=O) groups excluding carboxylic acids is 3. The van der Waals surface area contributed by atoms with Crippen molar-refractivity contribution >= 4 is 17.6 Å². The number of ketones is 1. The molecule has 0 aliphatic heterocycles. The van der Waals surface area contributed by atoms with Gasteiger partial charge in [-0.25, -0.2) is 0 Å². The van der Waals surface area contributed by atoms with Crippen molar-refractivity contribution in [1.82, 2.24) is 10.6 Å². The number of hydrogen-bond donors (Lipinski definition) is 5. The van der Waals surface area contributed by atoms with E-state index >= 15 is 0 Å². The van der Waals surface area contributed by atoms with Gasteiger partial charge in [0.25, 0.3) is 0 Å². The second-order valence-corrected chi connectivity index (χ2v) is 7.92. The molecule has 0 unspecified atom stereocenters. The van der Waals surface area contributed by atoms with E-state index in [1.54, 1.807) is 13.8 Å². The van der Waals surface area contributed by atoms with Crippen molar-refractivity contribution in [3.63, 3.8) is 0 Å². The van der Waals surface area contributed by atoms with Gasteiger partial charge in [-0.15, -0.1) is 0 Å². The van der Waals surface area contributed by atoms with Crippen LogP contribution in [0.1, 0.15) is 53.9 Å². The first-order chi connectivity index (χ1) is 12.5. The normalized spacial score (nSPS) is 15.9. The maximum atomic E-state index is 12.5. The summed E-state index contributed by atoms with van der Waals surface area (Å²) in [5.74, 6) is -0.880. The third-order valence-corrected chi connectivity index (χ3v) is 4.40. The molecule has 8 nitrogen and oxygen atoms in total. The molecule has 8 heteroatoms. The van der Waals surface area contributed by atoms with Crippen molar-refractivity contribution in [2.45, 2.75) is 72.1 Å². The van der Waals surface area contributed by atoms with E-state index in [4.69, 9.17) is 11.5 Å². The highest BCUT2D eigenvalue weighted by molar-refractivity contribution is 5.93. The minimum absolute atomic E-state index is 0.0454. The van der Waals surface area contributed by atoms with Gasteiger partial charge in [-0.3, -0.25) is 14.4 Å². The molecule has 0 bridgehead atoms. The first-order valence-corrected chi connectivity index (χ1v) is 9.75. The molecule has 158 valence electrons.